The summed E-state index contributed by atoms with van der Waals surface area (Å²) in [6.45, 7) is 2.14. The maximum atomic E-state index is 12.5. The summed E-state index contributed by atoms with van der Waals surface area (Å²) in [7, 11) is 0. The van der Waals surface area contributed by atoms with Gasteiger partial charge in [0, 0.05) is 27.6 Å². The number of aryl methyl sites for hydroxylation is 1. The van der Waals surface area contributed by atoms with Gasteiger partial charge in [0.05, 0.1) is 6.54 Å². The lowest BCUT2D eigenvalue weighted by atomic mass is 10.3. The number of hydrogen-bond acceptors (Lipinski definition) is 5. The van der Waals surface area contributed by atoms with Gasteiger partial charge in [-0.2, -0.15) is 18.2 Å². The minimum absolute atomic E-state index is 0.128. The molecule has 5 nitrogen and oxygen atoms in total. The monoisotopic (exact) mass is 341 g/mol. The van der Waals surface area contributed by atoms with E-state index in [2.05, 4.69) is 14.7 Å². The molecule has 0 atom stereocenters. The molecule has 0 aliphatic heterocycles. The van der Waals surface area contributed by atoms with Gasteiger partial charge in [-0.05, 0) is 19.1 Å². The van der Waals surface area contributed by atoms with Crippen LogP contribution in [0.4, 0.5) is 13.2 Å². The normalized spacial score (nSPS) is 11.8. The summed E-state index contributed by atoms with van der Waals surface area (Å²) >= 11 is 1.31. The van der Waals surface area contributed by atoms with Gasteiger partial charge in [-0.15, -0.1) is 11.3 Å². The van der Waals surface area contributed by atoms with Crippen LogP contribution in [0, 0.1) is 6.92 Å². The van der Waals surface area contributed by atoms with Gasteiger partial charge in [0.1, 0.15) is 0 Å². The average molecular weight is 341 g/mol. The Morgan fingerprint density at radius 1 is 1.35 bits per heavy atom. The van der Waals surface area contributed by atoms with Crippen LogP contribution in [0.5, 0.6) is 0 Å². The summed E-state index contributed by atoms with van der Waals surface area (Å²) in [4.78, 5) is 16.0. The molecule has 3 aromatic heterocycles. The molecule has 0 fully saturated rings. The van der Waals surface area contributed by atoms with Crippen molar-refractivity contribution >= 4 is 11.3 Å². The van der Waals surface area contributed by atoms with Crippen LogP contribution in [-0.4, -0.2) is 14.7 Å². The Morgan fingerprint density at radius 3 is 2.78 bits per heavy atom. The zero-order valence-corrected chi connectivity index (χ0v) is 12.6. The number of nitrogens with zero attached hydrogens (tertiary/aromatic N) is 3. The van der Waals surface area contributed by atoms with Crippen molar-refractivity contribution in [3.8, 4) is 11.4 Å². The number of halogens is 3. The van der Waals surface area contributed by atoms with E-state index in [4.69, 9.17) is 0 Å². The maximum Gasteiger partial charge on any atom is 0.471 e. The quantitative estimate of drug-likeness (QED) is 0.733. The second-order valence-electron chi connectivity index (χ2n) is 4.81. The van der Waals surface area contributed by atoms with Crippen molar-refractivity contribution in [1.29, 1.82) is 0 Å². The Bertz CT molecular complexity index is 895. The Labute approximate surface area is 132 Å². The first-order chi connectivity index (χ1) is 10.8. The Balaban J connectivity index is 1.86. The lowest BCUT2D eigenvalue weighted by Gasteiger charge is -2.07. The average Bonchev–Trinajstić information content (AvgIpc) is 3.11. The molecule has 3 rings (SSSR count). The molecule has 3 heterocycles. The van der Waals surface area contributed by atoms with E-state index in [1.54, 1.807) is 22.1 Å². The standard InChI is InChI=1S/C14H10F3N3O2S/c1-8-3-2-4-11(21)20(8)6-10-5-9(7-23-10)12-18-13(22-19-12)14(15,16)17/h2-5,7H,6H2,1H3. The van der Waals surface area contributed by atoms with Gasteiger partial charge in [0.25, 0.3) is 5.56 Å². The fourth-order valence-electron chi connectivity index (χ4n) is 2.02. The Kier molecular flexibility index (Phi) is 3.80. The molecule has 0 radical (unpaired) electrons. The molecule has 0 unspecified atom stereocenters. The summed E-state index contributed by atoms with van der Waals surface area (Å²) < 4.78 is 43.2. The van der Waals surface area contributed by atoms with E-state index in [0.29, 0.717) is 12.1 Å². The zero-order chi connectivity index (χ0) is 16.6. The van der Waals surface area contributed by atoms with Crippen LogP contribution in [-0.2, 0) is 12.7 Å². The number of aromatic nitrogens is 3. The van der Waals surface area contributed by atoms with Crippen LogP contribution in [0.2, 0.25) is 0 Å². The summed E-state index contributed by atoms with van der Waals surface area (Å²) in [5.41, 5.74) is 1.08. The van der Waals surface area contributed by atoms with E-state index in [1.807, 2.05) is 13.0 Å². The Morgan fingerprint density at radius 2 is 2.13 bits per heavy atom. The first kappa shape index (κ1) is 15.5. The zero-order valence-electron chi connectivity index (χ0n) is 11.8. The van der Waals surface area contributed by atoms with E-state index in [0.717, 1.165) is 10.6 Å². The smallest absolute Gasteiger partial charge is 0.329 e. The minimum atomic E-state index is -4.67. The van der Waals surface area contributed by atoms with Crippen LogP contribution >= 0.6 is 11.3 Å². The van der Waals surface area contributed by atoms with Crippen molar-refractivity contribution in [2.24, 2.45) is 0 Å². The van der Waals surface area contributed by atoms with Gasteiger partial charge in [-0.25, -0.2) is 0 Å². The van der Waals surface area contributed by atoms with Crippen molar-refractivity contribution in [2.45, 2.75) is 19.6 Å². The molecule has 0 bridgehead atoms. The van der Waals surface area contributed by atoms with Gasteiger partial charge in [-0.3, -0.25) is 4.79 Å². The highest BCUT2D eigenvalue weighted by molar-refractivity contribution is 7.10. The topological polar surface area (TPSA) is 60.9 Å². The highest BCUT2D eigenvalue weighted by Gasteiger charge is 2.38. The number of thiophene rings is 1. The number of hydrogen-bond donors (Lipinski definition) is 0. The van der Waals surface area contributed by atoms with Gasteiger partial charge in [0.15, 0.2) is 0 Å². The van der Waals surface area contributed by atoms with E-state index in [9.17, 15) is 18.0 Å². The molecule has 0 aliphatic carbocycles. The largest absolute Gasteiger partial charge is 0.471 e. The molecular formula is C14H10F3N3O2S. The molecule has 0 saturated carbocycles. The molecule has 0 aromatic carbocycles. The van der Waals surface area contributed by atoms with E-state index in [1.165, 1.54) is 17.4 Å². The highest BCUT2D eigenvalue weighted by Crippen LogP contribution is 2.30. The predicted octanol–water partition coefficient (Wildman–Crippen LogP) is 3.34. The summed E-state index contributed by atoms with van der Waals surface area (Å²) in [5, 5.41) is 4.97. The number of rotatable bonds is 3. The van der Waals surface area contributed by atoms with Crippen LogP contribution in [0.3, 0.4) is 0 Å². The summed E-state index contributed by atoms with van der Waals surface area (Å²) in [6, 6.07) is 6.58. The SMILES string of the molecule is Cc1cccc(=O)n1Cc1cc(-c2noc(C(F)(F)F)n2)cs1. The first-order valence-electron chi connectivity index (χ1n) is 6.50. The van der Waals surface area contributed by atoms with Crippen LogP contribution in [0.25, 0.3) is 11.4 Å². The third kappa shape index (κ3) is 3.19. The summed E-state index contributed by atoms with van der Waals surface area (Å²) in [5.74, 6) is -1.51. The lowest BCUT2D eigenvalue weighted by molar-refractivity contribution is -0.159. The lowest BCUT2D eigenvalue weighted by Crippen LogP contribution is -2.20. The number of pyridine rings is 1. The number of alkyl halides is 3. The molecule has 0 amide bonds. The Hall–Kier alpha value is -2.42. The van der Waals surface area contributed by atoms with Crippen LogP contribution < -0.4 is 5.56 Å². The summed E-state index contributed by atoms with van der Waals surface area (Å²) in [6.07, 6.45) is -4.67. The molecule has 0 aliphatic rings. The first-order valence-corrected chi connectivity index (χ1v) is 7.38. The molecule has 0 N–H and O–H groups in total. The minimum Gasteiger partial charge on any atom is -0.329 e. The van der Waals surface area contributed by atoms with Gasteiger partial charge >= 0.3 is 12.1 Å². The van der Waals surface area contributed by atoms with Crippen molar-refractivity contribution < 1.29 is 17.7 Å². The van der Waals surface area contributed by atoms with E-state index < -0.39 is 12.1 Å². The maximum absolute atomic E-state index is 12.5. The van der Waals surface area contributed by atoms with Crippen molar-refractivity contribution in [2.75, 3.05) is 0 Å². The van der Waals surface area contributed by atoms with E-state index >= 15 is 0 Å². The molecule has 0 saturated heterocycles. The molecule has 0 spiro atoms. The van der Waals surface area contributed by atoms with Crippen LogP contribution in [0.1, 0.15) is 16.5 Å². The molecule has 23 heavy (non-hydrogen) atoms. The van der Waals surface area contributed by atoms with Crippen molar-refractivity contribution in [3.63, 3.8) is 0 Å². The third-order valence-corrected chi connectivity index (χ3v) is 4.08. The fraction of sp³-hybridized carbons (Fsp3) is 0.214. The third-order valence-electron chi connectivity index (χ3n) is 3.16. The molecule has 3 aromatic rings. The van der Waals surface area contributed by atoms with Gasteiger partial charge in [-0.1, -0.05) is 11.2 Å². The fourth-order valence-corrected chi connectivity index (χ4v) is 2.87. The molecular weight excluding hydrogens is 331 g/mol. The van der Waals surface area contributed by atoms with Crippen molar-refractivity contribution in [1.82, 2.24) is 14.7 Å². The van der Waals surface area contributed by atoms with Crippen molar-refractivity contribution in [3.05, 3.63) is 56.5 Å². The highest BCUT2D eigenvalue weighted by atomic mass is 32.1. The second-order valence-corrected chi connectivity index (χ2v) is 5.81. The van der Waals surface area contributed by atoms with Gasteiger partial charge in [0.2, 0.25) is 5.82 Å². The van der Waals surface area contributed by atoms with E-state index in [-0.39, 0.29) is 11.4 Å². The molecule has 120 valence electrons. The van der Waals surface area contributed by atoms with Gasteiger partial charge < -0.3 is 9.09 Å². The van der Waals surface area contributed by atoms with Crippen LogP contribution in [0.15, 0.2) is 39.0 Å². The molecule has 9 heteroatoms. The predicted molar refractivity (Wildman–Crippen MR) is 77.2 cm³/mol. The second kappa shape index (κ2) is 5.65.